The van der Waals surface area contributed by atoms with Crippen LogP contribution in [0.5, 0.6) is 11.5 Å². The number of hydrogen-bond acceptors (Lipinski definition) is 5. The molecular weight excluding hydrogens is 318 g/mol. The van der Waals surface area contributed by atoms with Crippen LogP contribution in [0.1, 0.15) is 5.56 Å². The minimum Gasteiger partial charge on any atom is -0.504 e. The molecule has 0 aliphatic carbocycles. The topological polar surface area (TPSA) is 83.0 Å². The van der Waals surface area contributed by atoms with Crippen molar-refractivity contribution in [2.45, 2.75) is 0 Å². The highest BCUT2D eigenvalue weighted by atomic mass is 35.5. The fourth-order valence-corrected chi connectivity index (χ4v) is 1.96. The number of anilines is 1. The van der Waals surface area contributed by atoms with Crippen LogP contribution in [0, 0.1) is 0 Å². The van der Waals surface area contributed by atoms with E-state index in [0.717, 1.165) is 5.69 Å². The molecule has 0 atom stereocenters. The number of nitrogens with one attached hydrogen (secondary N) is 2. The molecule has 0 saturated carbocycles. The Morgan fingerprint density at radius 3 is 2.91 bits per heavy atom. The molecular formula is C16H16ClN3O3. The second-order valence-corrected chi connectivity index (χ2v) is 5.02. The van der Waals surface area contributed by atoms with Gasteiger partial charge in [-0.25, -0.2) is 5.43 Å². The number of hydrogen-bond donors (Lipinski definition) is 3. The Morgan fingerprint density at radius 2 is 2.17 bits per heavy atom. The van der Waals surface area contributed by atoms with Crippen LogP contribution in [-0.2, 0) is 4.79 Å². The molecule has 2 rings (SSSR count). The summed E-state index contributed by atoms with van der Waals surface area (Å²) in [5, 5.41) is 16.9. The van der Waals surface area contributed by atoms with Gasteiger partial charge in [0.2, 0.25) is 0 Å². The number of benzene rings is 2. The monoisotopic (exact) mass is 333 g/mol. The Bertz CT molecular complexity index is 719. The lowest BCUT2D eigenvalue weighted by atomic mass is 10.2. The number of rotatable bonds is 6. The van der Waals surface area contributed by atoms with E-state index >= 15 is 0 Å². The summed E-state index contributed by atoms with van der Waals surface area (Å²) in [4.78, 5) is 11.7. The number of aromatic hydroxyl groups is 1. The predicted octanol–water partition coefficient (Wildman–Crippen LogP) is 2.62. The molecule has 6 nitrogen and oxygen atoms in total. The van der Waals surface area contributed by atoms with Gasteiger partial charge in [0.1, 0.15) is 0 Å². The van der Waals surface area contributed by atoms with Gasteiger partial charge in [0.25, 0.3) is 5.91 Å². The minimum atomic E-state index is -0.299. The highest BCUT2D eigenvalue weighted by molar-refractivity contribution is 6.30. The molecule has 7 heteroatoms. The van der Waals surface area contributed by atoms with Gasteiger partial charge in [0.15, 0.2) is 11.5 Å². The van der Waals surface area contributed by atoms with Crippen LogP contribution in [0.2, 0.25) is 5.02 Å². The first kappa shape index (κ1) is 16.6. The van der Waals surface area contributed by atoms with Crippen LogP contribution in [0.25, 0.3) is 0 Å². The van der Waals surface area contributed by atoms with E-state index in [1.54, 1.807) is 30.3 Å². The lowest BCUT2D eigenvalue weighted by molar-refractivity contribution is -0.119. The van der Waals surface area contributed by atoms with Crippen molar-refractivity contribution in [3.05, 3.63) is 53.1 Å². The fourth-order valence-electron chi connectivity index (χ4n) is 1.77. The predicted molar refractivity (Wildman–Crippen MR) is 90.3 cm³/mol. The number of ether oxygens (including phenoxy) is 1. The van der Waals surface area contributed by atoms with Crippen molar-refractivity contribution in [1.29, 1.82) is 0 Å². The van der Waals surface area contributed by atoms with Crippen molar-refractivity contribution in [1.82, 2.24) is 5.43 Å². The van der Waals surface area contributed by atoms with Gasteiger partial charge in [-0.1, -0.05) is 17.7 Å². The normalized spacial score (nSPS) is 10.5. The lowest BCUT2D eigenvalue weighted by Gasteiger charge is -2.05. The van der Waals surface area contributed by atoms with Gasteiger partial charge in [0.05, 0.1) is 19.9 Å². The number of nitrogens with zero attached hydrogens (tertiary/aromatic N) is 1. The van der Waals surface area contributed by atoms with Gasteiger partial charge >= 0.3 is 0 Å². The van der Waals surface area contributed by atoms with Crippen LogP contribution in [-0.4, -0.2) is 30.9 Å². The molecule has 0 fully saturated rings. The highest BCUT2D eigenvalue weighted by Crippen LogP contribution is 2.25. The maximum Gasteiger partial charge on any atom is 0.259 e. The molecule has 0 bridgehead atoms. The van der Waals surface area contributed by atoms with Crippen LogP contribution >= 0.6 is 11.6 Å². The van der Waals surface area contributed by atoms with E-state index in [-0.39, 0.29) is 18.2 Å². The smallest absolute Gasteiger partial charge is 0.259 e. The summed E-state index contributed by atoms with van der Waals surface area (Å²) in [5.74, 6) is 0.0780. The summed E-state index contributed by atoms with van der Waals surface area (Å²) >= 11 is 5.86. The molecule has 0 heterocycles. The number of halogens is 1. The number of amides is 1. The van der Waals surface area contributed by atoms with Crippen molar-refractivity contribution in [2.24, 2.45) is 5.10 Å². The van der Waals surface area contributed by atoms with Crippen molar-refractivity contribution in [3.63, 3.8) is 0 Å². The van der Waals surface area contributed by atoms with Crippen molar-refractivity contribution in [3.8, 4) is 11.5 Å². The van der Waals surface area contributed by atoms with E-state index < -0.39 is 0 Å². The van der Waals surface area contributed by atoms with Crippen LogP contribution < -0.4 is 15.5 Å². The molecule has 0 aliphatic rings. The molecule has 0 aromatic heterocycles. The minimum absolute atomic E-state index is 0.0411. The summed E-state index contributed by atoms with van der Waals surface area (Å²) < 4.78 is 4.99. The third kappa shape index (κ3) is 5.19. The Balaban J connectivity index is 1.84. The average molecular weight is 334 g/mol. The molecule has 23 heavy (non-hydrogen) atoms. The second-order valence-electron chi connectivity index (χ2n) is 4.59. The molecule has 2 aromatic carbocycles. The number of carbonyl (C=O) groups excluding carboxylic acids is 1. The van der Waals surface area contributed by atoms with Crippen LogP contribution in [0.3, 0.4) is 0 Å². The zero-order chi connectivity index (χ0) is 16.7. The molecule has 0 aliphatic heterocycles. The van der Waals surface area contributed by atoms with E-state index in [1.165, 1.54) is 19.4 Å². The molecule has 1 amide bonds. The van der Waals surface area contributed by atoms with E-state index in [0.29, 0.717) is 16.3 Å². The Morgan fingerprint density at radius 1 is 1.35 bits per heavy atom. The average Bonchev–Trinajstić information content (AvgIpc) is 2.54. The van der Waals surface area contributed by atoms with Gasteiger partial charge in [-0.3, -0.25) is 4.79 Å². The summed E-state index contributed by atoms with van der Waals surface area (Å²) in [5.41, 5.74) is 3.83. The van der Waals surface area contributed by atoms with Crippen molar-refractivity contribution >= 4 is 29.4 Å². The van der Waals surface area contributed by atoms with Gasteiger partial charge in [-0.15, -0.1) is 0 Å². The van der Waals surface area contributed by atoms with E-state index in [4.69, 9.17) is 16.3 Å². The summed E-state index contributed by atoms with van der Waals surface area (Å²) in [6.45, 7) is 0.0661. The Labute approximate surface area is 138 Å². The number of methoxy groups -OCH3 is 1. The first-order valence-electron chi connectivity index (χ1n) is 6.77. The quantitative estimate of drug-likeness (QED) is 0.560. The Hall–Kier alpha value is -2.73. The van der Waals surface area contributed by atoms with E-state index in [9.17, 15) is 9.90 Å². The third-order valence-electron chi connectivity index (χ3n) is 2.88. The van der Waals surface area contributed by atoms with Crippen molar-refractivity contribution < 1.29 is 14.6 Å². The SMILES string of the molecule is COc1cc(/C=N/NC(=O)CNc2cccc(Cl)c2)ccc1O. The maximum atomic E-state index is 11.7. The largest absolute Gasteiger partial charge is 0.504 e. The standard InChI is InChI=1S/C16H16ClN3O3/c1-23-15-7-11(5-6-14(15)21)9-19-20-16(22)10-18-13-4-2-3-12(17)8-13/h2-9,18,21H,10H2,1H3,(H,20,22)/b19-9+. The van der Waals surface area contributed by atoms with Crippen LogP contribution in [0.15, 0.2) is 47.6 Å². The first-order valence-corrected chi connectivity index (χ1v) is 7.14. The van der Waals surface area contributed by atoms with Gasteiger partial charge in [-0.2, -0.15) is 5.10 Å². The van der Waals surface area contributed by atoms with E-state index in [1.807, 2.05) is 6.07 Å². The number of hydrazone groups is 1. The van der Waals surface area contributed by atoms with Crippen molar-refractivity contribution in [2.75, 3.05) is 19.0 Å². The lowest BCUT2D eigenvalue weighted by Crippen LogP contribution is -2.25. The maximum absolute atomic E-state index is 11.7. The molecule has 0 unspecified atom stereocenters. The second kappa shape index (κ2) is 8.05. The third-order valence-corrected chi connectivity index (χ3v) is 3.12. The number of phenols is 1. The summed E-state index contributed by atoms with van der Waals surface area (Å²) in [7, 11) is 1.46. The zero-order valence-electron chi connectivity index (χ0n) is 12.4. The fraction of sp³-hybridized carbons (Fsp3) is 0.125. The highest BCUT2D eigenvalue weighted by Gasteiger charge is 2.02. The molecule has 120 valence electrons. The molecule has 0 saturated heterocycles. The van der Waals surface area contributed by atoms with Gasteiger partial charge < -0.3 is 15.2 Å². The van der Waals surface area contributed by atoms with Gasteiger partial charge in [0, 0.05) is 10.7 Å². The van der Waals surface area contributed by atoms with Crippen LogP contribution in [0.4, 0.5) is 5.69 Å². The first-order chi connectivity index (χ1) is 11.1. The van der Waals surface area contributed by atoms with Gasteiger partial charge in [-0.05, 0) is 42.0 Å². The Kier molecular flexibility index (Phi) is 5.82. The van der Waals surface area contributed by atoms with E-state index in [2.05, 4.69) is 15.8 Å². The molecule has 0 spiro atoms. The summed E-state index contributed by atoms with van der Waals surface area (Å²) in [6, 6.07) is 11.8. The summed E-state index contributed by atoms with van der Waals surface area (Å²) in [6.07, 6.45) is 1.46. The zero-order valence-corrected chi connectivity index (χ0v) is 13.2. The molecule has 2 aromatic rings. The number of carbonyl (C=O) groups is 1. The molecule has 3 N–H and O–H groups in total. The number of phenolic OH excluding ortho intramolecular Hbond substituents is 1. The molecule has 0 radical (unpaired) electrons.